The minimum Gasteiger partial charge on any atom is -0.674 e. The van der Waals surface area contributed by atoms with Crippen LogP contribution in [0.5, 0.6) is 0 Å². The first-order chi connectivity index (χ1) is 22.0. The molecule has 4 aliphatic heterocycles. The number of carbonyl (C=O) groups is 2. The fourth-order valence-electron chi connectivity index (χ4n) is 5.77. The molecule has 1 radical (unpaired) electrons. The standard InChI is InChI=1S/C15H20F2N4O2.C15H19F2N4O2.Ac/c2*1-19-2-4-20(5-3-19)14-12(16)6-10(7-13(14)17)21-9-11(8-18)23-15(21)22;/h6-7,11H,2-5,8-9,18H2,1H3;6-7,11,18H,2-5,8-9H2,1H3;/q;-1;/t2*11-;/m00./s1. The molecule has 2 atom stereocenters. The molecule has 4 aliphatic rings. The Hall–Kier alpha value is -2.42. The molecule has 0 aliphatic carbocycles. The maximum absolute atomic E-state index is 14.5. The van der Waals surface area contributed by atoms with Crippen molar-refractivity contribution in [2.45, 2.75) is 12.2 Å². The van der Waals surface area contributed by atoms with Gasteiger partial charge in [0.1, 0.15) is 23.6 Å². The van der Waals surface area contributed by atoms with Gasteiger partial charge >= 0.3 is 12.2 Å². The van der Waals surface area contributed by atoms with Gasteiger partial charge in [0.15, 0.2) is 23.3 Å². The molecule has 2 aromatic carbocycles. The van der Waals surface area contributed by atoms with Crippen molar-refractivity contribution in [2.24, 2.45) is 5.73 Å². The molecule has 2 amide bonds. The van der Waals surface area contributed by atoms with Crippen molar-refractivity contribution in [1.82, 2.24) is 9.80 Å². The molecule has 0 unspecified atom stereocenters. The van der Waals surface area contributed by atoms with Crippen LogP contribution in [0.15, 0.2) is 24.3 Å². The predicted molar refractivity (Wildman–Crippen MR) is 166 cm³/mol. The minimum atomic E-state index is -0.688. The van der Waals surface area contributed by atoms with Gasteiger partial charge in [0, 0.05) is 127 Å². The third-order valence-corrected chi connectivity index (χ3v) is 8.50. The van der Waals surface area contributed by atoms with Crippen LogP contribution in [0.4, 0.5) is 49.9 Å². The van der Waals surface area contributed by atoms with Gasteiger partial charge in [-0.05, 0) is 14.1 Å². The molecule has 0 aromatic heterocycles. The number of nitrogens with one attached hydrogen (secondary N) is 1. The second-order valence-corrected chi connectivity index (χ2v) is 11.8. The largest absolute Gasteiger partial charge is 0.674 e. The van der Waals surface area contributed by atoms with Gasteiger partial charge in [-0.15, -0.1) is 6.54 Å². The monoisotopic (exact) mass is 878 g/mol. The van der Waals surface area contributed by atoms with Crippen LogP contribution in [-0.2, 0) is 9.47 Å². The Morgan fingerprint density at radius 2 is 1.02 bits per heavy atom. The van der Waals surface area contributed by atoms with E-state index in [9.17, 15) is 27.2 Å². The molecule has 255 valence electrons. The van der Waals surface area contributed by atoms with E-state index in [0.29, 0.717) is 26.2 Å². The minimum absolute atomic E-state index is 0. The first kappa shape index (κ1) is 37.4. The molecule has 17 heteroatoms. The van der Waals surface area contributed by atoms with E-state index >= 15 is 0 Å². The quantitative estimate of drug-likeness (QED) is 0.437. The van der Waals surface area contributed by atoms with Crippen LogP contribution in [0.1, 0.15) is 0 Å². The fraction of sp³-hybridized carbons (Fsp3) is 0.533. The molecule has 6 rings (SSSR count). The topological polar surface area (TPSA) is 122 Å². The predicted octanol–water partition coefficient (Wildman–Crippen LogP) is 3.09. The molecule has 0 bridgehead atoms. The summed E-state index contributed by atoms with van der Waals surface area (Å²) < 4.78 is 67.8. The van der Waals surface area contributed by atoms with Crippen molar-refractivity contribution in [3.63, 3.8) is 0 Å². The van der Waals surface area contributed by atoms with E-state index in [-0.39, 0.29) is 93.0 Å². The van der Waals surface area contributed by atoms with Crippen molar-refractivity contribution in [1.29, 1.82) is 0 Å². The van der Waals surface area contributed by atoms with E-state index < -0.39 is 47.7 Å². The number of hydrogen-bond acceptors (Lipinski definition) is 9. The van der Waals surface area contributed by atoms with Gasteiger partial charge in [0.05, 0.1) is 24.5 Å². The summed E-state index contributed by atoms with van der Waals surface area (Å²) in [5, 5.41) is 0. The number of piperazine rings is 2. The van der Waals surface area contributed by atoms with Crippen molar-refractivity contribution in [2.75, 3.05) is 112 Å². The molecule has 0 spiro atoms. The number of nitrogens with two attached hydrogens (primary N) is 1. The summed E-state index contributed by atoms with van der Waals surface area (Å²) in [4.78, 5) is 33.5. The van der Waals surface area contributed by atoms with Crippen LogP contribution in [0.2, 0.25) is 0 Å². The van der Waals surface area contributed by atoms with Gasteiger partial charge in [0.25, 0.3) is 0 Å². The zero-order chi connectivity index (χ0) is 33.1. The van der Waals surface area contributed by atoms with Gasteiger partial charge in [-0.3, -0.25) is 9.80 Å². The summed E-state index contributed by atoms with van der Waals surface area (Å²) in [6.45, 7) is 5.63. The van der Waals surface area contributed by atoms with Crippen molar-refractivity contribution >= 4 is 34.9 Å². The number of cyclic esters (lactones) is 2. The van der Waals surface area contributed by atoms with Crippen LogP contribution in [0.25, 0.3) is 5.73 Å². The molecule has 47 heavy (non-hydrogen) atoms. The zero-order valence-electron chi connectivity index (χ0n) is 26.4. The Morgan fingerprint density at radius 1 is 0.681 bits per heavy atom. The molecule has 12 nitrogen and oxygen atoms in total. The number of amides is 2. The molecule has 4 saturated heterocycles. The normalized spacial score (nSPS) is 22.1. The second-order valence-electron chi connectivity index (χ2n) is 11.8. The first-order valence-electron chi connectivity index (χ1n) is 15.1. The number of benzene rings is 2. The number of nitrogens with zero attached hydrogens (tertiary/aromatic N) is 6. The summed E-state index contributed by atoms with van der Waals surface area (Å²) in [5.74, 6) is -2.72. The molecule has 3 N–H and O–H groups in total. The number of likely N-dealkylation sites (N-methyl/N-ethyl adjacent to an activating group) is 2. The Balaban J connectivity index is 0.000000208. The number of anilines is 4. The van der Waals surface area contributed by atoms with Crippen molar-refractivity contribution in [3.05, 3.63) is 53.3 Å². The number of hydrogen-bond donors (Lipinski definition) is 1. The Bertz CT molecular complexity index is 1280. The summed E-state index contributed by atoms with van der Waals surface area (Å²) in [6, 6.07) is 4.67. The van der Waals surface area contributed by atoms with Crippen LogP contribution < -0.4 is 25.3 Å². The second kappa shape index (κ2) is 16.3. The third kappa shape index (κ3) is 8.60. The van der Waals surface area contributed by atoms with Gasteiger partial charge in [-0.1, -0.05) is 0 Å². The Kier molecular flexibility index (Phi) is 13.0. The van der Waals surface area contributed by atoms with E-state index in [1.807, 2.05) is 14.1 Å². The molecule has 4 heterocycles. The number of ether oxygens (including phenoxy) is 2. The average molecular weight is 879 g/mol. The number of halogens is 4. The maximum atomic E-state index is 14.5. The summed E-state index contributed by atoms with van der Waals surface area (Å²) >= 11 is 0. The summed E-state index contributed by atoms with van der Waals surface area (Å²) in [5.41, 5.74) is 12.9. The molecule has 4 fully saturated rings. The Morgan fingerprint density at radius 3 is 1.32 bits per heavy atom. The van der Waals surface area contributed by atoms with Gasteiger partial charge in [-0.25, -0.2) is 27.2 Å². The molecular formula is C30H39AcF4N8O4-. The van der Waals surface area contributed by atoms with Crippen LogP contribution in [0.3, 0.4) is 0 Å². The maximum Gasteiger partial charge on any atom is 0.414 e. The van der Waals surface area contributed by atoms with E-state index in [2.05, 4.69) is 9.80 Å². The van der Waals surface area contributed by atoms with Crippen molar-refractivity contribution < 1.29 is 80.7 Å². The van der Waals surface area contributed by atoms with Gasteiger partial charge < -0.3 is 40.5 Å². The van der Waals surface area contributed by atoms with Gasteiger partial charge in [0.2, 0.25) is 0 Å². The van der Waals surface area contributed by atoms with Crippen LogP contribution >= 0.6 is 0 Å². The summed E-state index contributed by atoms with van der Waals surface area (Å²) in [7, 11) is 3.94. The van der Waals surface area contributed by atoms with Crippen LogP contribution in [-0.4, -0.2) is 127 Å². The van der Waals surface area contributed by atoms with Crippen molar-refractivity contribution in [3.8, 4) is 0 Å². The van der Waals surface area contributed by atoms with Gasteiger partial charge in [-0.2, -0.15) is 0 Å². The average Bonchev–Trinajstić information content (AvgIpc) is 3.60. The van der Waals surface area contributed by atoms with E-state index in [4.69, 9.17) is 20.9 Å². The molecular weight excluding hydrogens is 839 g/mol. The molecule has 0 saturated carbocycles. The molecule has 2 aromatic rings. The first-order valence-corrected chi connectivity index (χ1v) is 15.1. The van der Waals surface area contributed by atoms with Crippen LogP contribution in [0, 0.1) is 67.3 Å². The Labute approximate surface area is 307 Å². The number of rotatable bonds is 6. The van der Waals surface area contributed by atoms with E-state index in [1.54, 1.807) is 9.80 Å². The smallest absolute Gasteiger partial charge is 0.414 e. The van der Waals surface area contributed by atoms with E-state index in [0.717, 1.165) is 38.3 Å². The SMILES string of the molecule is CN1CCN(c2c(F)cc(N3C[C@H](CN)OC3=O)cc2F)CC1.CN1CCN(c2c(F)cc(N3C[C@H](C[NH-])OC3=O)cc2F)CC1.[Ac]. The zero-order valence-corrected chi connectivity index (χ0v) is 31.2. The third-order valence-electron chi connectivity index (χ3n) is 8.50. The fourth-order valence-corrected chi connectivity index (χ4v) is 5.77. The van der Waals surface area contributed by atoms with E-state index in [1.165, 1.54) is 21.9 Å². The summed E-state index contributed by atoms with van der Waals surface area (Å²) in [6.07, 6.45) is -2.32. The number of carbonyl (C=O) groups excluding carboxylic acids is 2.